The van der Waals surface area contributed by atoms with Crippen molar-refractivity contribution in [3.8, 4) is 0 Å². The standard InChI is InChI=1S/C32H50O3/c1-20(2)24(35-22(4)33)10-9-21(3)23-13-15-30(8)26-12-11-25-28(5,6)27(34)14-16-31(25)19-32(26,31)18-17-29(23,30)7/h21,23-26H,1,9-19H2,2-8H3/t21-,23-,24+,25+,26+,29-,30+,31-,32+/m1/s1. The van der Waals surface area contributed by atoms with Crippen LogP contribution in [0.2, 0.25) is 0 Å². The van der Waals surface area contributed by atoms with E-state index < -0.39 is 0 Å². The maximum atomic E-state index is 12.9. The zero-order valence-electron chi connectivity index (χ0n) is 23.6. The first kappa shape index (κ1) is 25.5. The van der Waals surface area contributed by atoms with E-state index in [9.17, 15) is 9.59 Å². The number of esters is 1. The van der Waals surface area contributed by atoms with Gasteiger partial charge in [0.2, 0.25) is 0 Å². The Balaban J connectivity index is 1.35. The number of carbonyl (C=O) groups is 2. The highest BCUT2D eigenvalue weighted by Crippen LogP contribution is 2.88. The molecule has 0 bridgehead atoms. The van der Waals surface area contributed by atoms with Gasteiger partial charge in [-0.3, -0.25) is 9.59 Å². The lowest BCUT2D eigenvalue weighted by Gasteiger charge is -2.62. The van der Waals surface area contributed by atoms with E-state index in [0.717, 1.165) is 36.7 Å². The van der Waals surface area contributed by atoms with Crippen LogP contribution in [0.3, 0.4) is 0 Å². The van der Waals surface area contributed by atoms with Gasteiger partial charge in [0.15, 0.2) is 0 Å². The molecule has 0 aromatic rings. The maximum Gasteiger partial charge on any atom is 0.303 e. The molecule has 0 aromatic carbocycles. The minimum atomic E-state index is -0.204. The van der Waals surface area contributed by atoms with Gasteiger partial charge in [-0.05, 0) is 122 Å². The Hall–Kier alpha value is -1.12. The third-order valence-electron chi connectivity index (χ3n) is 13.3. The molecule has 0 heterocycles. The molecule has 0 unspecified atom stereocenters. The van der Waals surface area contributed by atoms with Crippen molar-refractivity contribution in [3.05, 3.63) is 12.2 Å². The third kappa shape index (κ3) is 3.27. The molecule has 0 amide bonds. The lowest BCUT2D eigenvalue weighted by Crippen LogP contribution is -2.57. The first-order valence-electron chi connectivity index (χ1n) is 14.6. The molecular formula is C32H50O3. The van der Waals surface area contributed by atoms with E-state index >= 15 is 0 Å². The maximum absolute atomic E-state index is 12.9. The highest BCUT2D eigenvalue weighted by Gasteiger charge is 2.82. The molecule has 35 heavy (non-hydrogen) atoms. The van der Waals surface area contributed by atoms with Crippen LogP contribution in [-0.2, 0) is 14.3 Å². The molecule has 9 atom stereocenters. The first-order valence-corrected chi connectivity index (χ1v) is 14.6. The number of rotatable bonds is 6. The Morgan fingerprint density at radius 3 is 2.26 bits per heavy atom. The van der Waals surface area contributed by atoms with Crippen LogP contribution in [0.15, 0.2) is 12.2 Å². The number of fused-ring (bicyclic) bond motifs is 2. The monoisotopic (exact) mass is 482 g/mol. The summed E-state index contributed by atoms with van der Waals surface area (Å²) in [6, 6.07) is 0. The quantitative estimate of drug-likeness (QED) is 0.285. The van der Waals surface area contributed by atoms with Crippen LogP contribution in [0.5, 0.6) is 0 Å². The Labute approximate surface area is 214 Å². The summed E-state index contributed by atoms with van der Waals surface area (Å²) in [5, 5.41) is 0. The average molecular weight is 483 g/mol. The van der Waals surface area contributed by atoms with Gasteiger partial charge in [-0.15, -0.1) is 0 Å². The predicted molar refractivity (Wildman–Crippen MR) is 141 cm³/mol. The van der Waals surface area contributed by atoms with Crippen molar-refractivity contribution in [2.45, 2.75) is 125 Å². The number of carbonyl (C=O) groups excluding carboxylic acids is 2. The minimum absolute atomic E-state index is 0.122. The van der Waals surface area contributed by atoms with Gasteiger partial charge < -0.3 is 4.74 Å². The molecule has 0 aromatic heterocycles. The van der Waals surface area contributed by atoms with Gasteiger partial charge in [-0.25, -0.2) is 0 Å². The van der Waals surface area contributed by atoms with Gasteiger partial charge in [-0.2, -0.15) is 0 Å². The van der Waals surface area contributed by atoms with Crippen LogP contribution in [0, 0.1) is 50.7 Å². The zero-order chi connectivity index (χ0) is 25.6. The molecule has 0 radical (unpaired) electrons. The van der Waals surface area contributed by atoms with Crippen molar-refractivity contribution in [1.29, 1.82) is 0 Å². The third-order valence-corrected chi connectivity index (χ3v) is 13.3. The second kappa shape index (κ2) is 7.94. The van der Waals surface area contributed by atoms with Gasteiger partial charge >= 0.3 is 5.97 Å². The van der Waals surface area contributed by atoms with Crippen molar-refractivity contribution in [2.75, 3.05) is 0 Å². The highest BCUT2D eigenvalue weighted by atomic mass is 16.5. The molecule has 5 aliphatic rings. The number of hydrogen-bond donors (Lipinski definition) is 0. The van der Waals surface area contributed by atoms with Crippen molar-refractivity contribution in [2.24, 2.45) is 50.7 Å². The number of ether oxygens (including phenoxy) is 1. The van der Waals surface area contributed by atoms with Gasteiger partial charge in [0.05, 0.1) is 0 Å². The molecule has 5 fully saturated rings. The Bertz CT molecular complexity index is 933. The summed E-state index contributed by atoms with van der Waals surface area (Å²) < 4.78 is 5.58. The summed E-state index contributed by atoms with van der Waals surface area (Å²) in [5.41, 5.74) is 2.61. The molecule has 196 valence electrons. The number of ketones is 1. The fourth-order valence-electron chi connectivity index (χ4n) is 11.3. The zero-order valence-corrected chi connectivity index (χ0v) is 23.6. The van der Waals surface area contributed by atoms with Gasteiger partial charge in [-0.1, -0.05) is 41.2 Å². The van der Waals surface area contributed by atoms with Crippen molar-refractivity contribution < 1.29 is 14.3 Å². The Morgan fingerprint density at radius 2 is 1.60 bits per heavy atom. The lowest BCUT2D eigenvalue weighted by molar-refractivity contribution is -0.157. The summed E-state index contributed by atoms with van der Waals surface area (Å²) >= 11 is 0. The molecule has 0 N–H and O–H groups in total. The largest absolute Gasteiger partial charge is 0.458 e. The normalized spacial score (nSPS) is 46.9. The molecule has 5 aliphatic carbocycles. The van der Waals surface area contributed by atoms with Crippen molar-refractivity contribution in [1.82, 2.24) is 0 Å². The van der Waals surface area contributed by atoms with E-state index in [1.165, 1.54) is 58.3 Å². The topological polar surface area (TPSA) is 43.4 Å². The second-order valence-corrected chi connectivity index (χ2v) is 14.8. The van der Waals surface area contributed by atoms with E-state index in [-0.39, 0.29) is 17.5 Å². The van der Waals surface area contributed by atoms with Gasteiger partial charge in [0, 0.05) is 18.8 Å². The Morgan fingerprint density at radius 1 is 0.943 bits per heavy atom. The lowest BCUT2D eigenvalue weighted by atomic mass is 9.42. The molecule has 5 rings (SSSR count). The SMILES string of the molecule is C=C(C)[C@H](CC[C@@H](C)[C@H]1CC[C@@]2(C)[C@@H]3CC[C@H]4C(C)(C)C(=O)CC[C@@]45C[C@@]35CC[C@]12C)OC(C)=O. The van der Waals surface area contributed by atoms with Crippen molar-refractivity contribution >= 4 is 11.8 Å². The molecule has 0 saturated heterocycles. The van der Waals surface area contributed by atoms with Crippen LogP contribution in [-0.4, -0.2) is 17.9 Å². The molecule has 5 saturated carbocycles. The summed E-state index contributed by atoms with van der Waals surface area (Å²) in [6.07, 6.45) is 13.3. The first-order chi connectivity index (χ1) is 16.3. The van der Waals surface area contributed by atoms with E-state index in [4.69, 9.17) is 4.74 Å². The molecule has 3 nitrogen and oxygen atoms in total. The molecular weight excluding hydrogens is 432 g/mol. The van der Waals surface area contributed by atoms with E-state index in [1.807, 2.05) is 6.92 Å². The average Bonchev–Trinajstić information content (AvgIpc) is 3.36. The van der Waals surface area contributed by atoms with Crippen LogP contribution >= 0.6 is 0 Å². The Kier molecular flexibility index (Phi) is 5.79. The van der Waals surface area contributed by atoms with Crippen LogP contribution in [0.1, 0.15) is 119 Å². The predicted octanol–water partition coefficient (Wildman–Crippen LogP) is 7.92. The van der Waals surface area contributed by atoms with Crippen LogP contribution < -0.4 is 0 Å². The summed E-state index contributed by atoms with van der Waals surface area (Å²) in [6.45, 7) is 19.9. The summed E-state index contributed by atoms with van der Waals surface area (Å²) in [7, 11) is 0. The highest BCUT2D eigenvalue weighted by molar-refractivity contribution is 5.86. The number of hydrogen-bond acceptors (Lipinski definition) is 3. The summed E-state index contributed by atoms with van der Waals surface area (Å²) in [5.74, 6) is 3.13. The molecule has 2 spiro atoms. The van der Waals surface area contributed by atoms with Crippen LogP contribution in [0.25, 0.3) is 0 Å². The molecule has 0 aliphatic heterocycles. The summed E-state index contributed by atoms with van der Waals surface area (Å²) in [4.78, 5) is 24.5. The van der Waals surface area contributed by atoms with Gasteiger partial charge in [0.25, 0.3) is 0 Å². The smallest absolute Gasteiger partial charge is 0.303 e. The fraction of sp³-hybridized carbons (Fsp3) is 0.875. The van der Waals surface area contributed by atoms with Gasteiger partial charge in [0.1, 0.15) is 11.9 Å². The number of Topliss-reactive ketones (excluding diaryl/α,β-unsaturated/α-hetero) is 1. The van der Waals surface area contributed by atoms with E-state index in [0.29, 0.717) is 39.3 Å². The van der Waals surface area contributed by atoms with Crippen molar-refractivity contribution in [3.63, 3.8) is 0 Å². The van der Waals surface area contributed by atoms with Crippen LogP contribution in [0.4, 0.5) is 0 Å². The van der Waals surface area contributed by atoms with E-state index in [1.54, 1.807) is 0 Å². The molecule has 3 heteroatoms. The minimum Gasteiger partial charge on any atom is -0.458 e. The second-order valence-electron chi connectivity index (χ2n) is 14.8. The fourth-order valence-corrected chi connectivity index (χ4v) is 11.3. The van der Waals surface area contributed by atoms with E-state index in [2.05, 4.69) is 41.2 Å².